The number of halogens is 1. The normalized spacial score (nSPS) is 10.5. The highest BCUT2D eigenvalue weighted by atomic mass is 35.5. The zero-order valence-corrected chi connectivity index (χ0v) is 15.2. The van der Waals surface area contributed by atoms with Crippen molar-refractivity contribution in [1.82, 2.24) is 10.3 Å². The number of rotatable bonds is 6. The van der Waals surface area contributed by atoms with Crippen LogP contribution >= 0.6 is 22.9 Å². The van der Waals surface area contributed by atoms with Gasteiger partial charge in [0.25, 0.3) is 5.91 Å². The summed E-state index contributed by atoms with van der Waals surface area (Å²) < 4.78 is 5.96. The second-order valence-electron chi connectivity index (χ2n) is 5.31. The quantitative estimate of drug-likeness (QED) is 0.676. The number of nitrogens with one attached hydrogen (secondary N) is 1. The topological polar surface area (TPSA) is 51.2 Å². The zero-order valence-electron chi connectivity index (χ0n) is 13.7. The van der Waals surface area contributed by atoms with Crippen LogP contribution in [-0.2, 0) is 6.61 Å². The number of carbonyl (C=O) groups is 1. The Labute approximate surface area is 155 Å². The van der Waals surface area contributed by atoms with Crippen LogP contribution in [-0.4, -0.2) is 17.4 Å². The molecule has 0 aliphatic rings. The van der Waals surface area contributed by atoms with Gasteiger partial charge in [-0.05, 0) is 36.8 Å². The third kappa shape index (κ3) is 4.38. The van der Waals surface area contributed by atoms with Crippen molar-refractivity contribution in [3.63, 3.8) is 0 Å². The number of hydrogen-bond donors (Lipinski definition) is 1. The molecular weight excluding hydrogens is 356 g/mol. The maximum absolute atomic E-state index is 11.9. The number of nitrogens with zero attached hydrogens (tertiary/aromatic N) is 1. The minimum Gasteiger partial charge on any atom is -0.488 e. The Morgan fingerprint density at radius 1 is 1.24 bits per heavy atom. The van der Waals surface area contributed by atoms with Crippen molar-refractivity contribution in [2.24, 2.45) is 0 Å². The lowest BCUT2D eigenvalue weighted by atomic mass is 10.2. The predicted molar refractivity (Wildman–Crippen MR) is 101 cm³/mol. The molecular formula is C19H17ClN2O2S. The van der Waals surface area contributed by atoms with Gasteiger partial charge >= 0.3 is 0 Å². The first-order valence-electron chi connectivity index (χ1n) is 7.87. The lowest BCUT2D eigenvalue weighted by Crippen LogP contribution is -2.22. The Morgan fingerprint density at radius 3 is 2.88 bits per heavy atom. The van der Waals surface area contributed by atoms with Gasteiger partial charge in [-0.15, -0.1) is 11.3 Å². The Morgan fingerprint density at radius 2 is 2.08 bits per heavy atom. The number of aromatic nitrogens is 1. The monoisotopic (exact) mass is 372 g/mol. The van der Waals surface area contributed by atoms with Gasteiger partial charge in [0.2, 0.25) is 0 Å². The van der Waals surface area contributed by atoms with Crippen molar-refractivity contribution in [2.45, 2.75) is 13.5 Å². The van der Waals surface area contributed by atoms with Crippen LogP contribution in [0.3, 0.4) is 0 Å². The molecule has 0 fully saturated rings. The molecule has 128 valence electrons. The summed E-state index contributed by atoms with van der Waals surface area (Å²) in [7, 11) is 0. The fourth-order valence-corrected chi connectivity index (χ4v) is 3.35. The molecule has 3 rings (SSSR count). The van der Waals surface area contributed by atoms with Crippen molar-refractivity contribution in [2.75, 3.05) is 6.54 Å². The first-order valence-corrected chi connectivity index (χ1v) is 9.13. The van der Waals surface area contributed by atoms with E-state index in [0.29, 0.717) is 23.9 Å². The molecule has 0 saturated heterocycles. The molecule has 1 amide bonds. The lowest BCUT2D eigenvalue weighted by Gasteiger charge is -2.10. The molecule has 1 heterocycles. The number of benzene rings is 2. The molecule has 1 aromatic heterocycles. The number of hydrogen-bond acceptors (Lipinski definition) is 4. The minimum atomic E-state index is -0.165. The fraction of sp³-hybridized carbons (Fsp3) is 0.158. The third-order valence-electron chi connectivity index (χ3n) is 3.47. The summed E-state index contributed by atoms with van der Waals surface area (Å²) >= 11 is 7.43. The zero-order chi connectivity index (χ0) is 17.6. The van der Waals surface area contributed by atoms with Crippen LogP contribution in [0.1, 0.15) is 23.0 Å². The van der Waals surface area contributed by atoms with E-state index >= 15 is 0 Å². The van der Waals surface area contributed by atoms with Gasteiger partial charge in [0.15, 0.2) is 0 Å². The van der Waals surface area contributed by atoms with Gasteiger partial charge in [-0.1, -0.05) is 35.9 Å². The average Bonchev–Trinajstić information content (AvgIpc) is 3.11. The molecule has 0 aliphatic heterocycles. The molecule has 0 radical (unpaired) electrons. The third-order valence-corrected chi connectivity index (χ3v) is 4.59. The number of amides is 1. The number of para-hydroxylation sites is 1. The molecule has 6 heteroatoms. The summed E-state index contributed by atoms with van der Waals surface area (Å²) in [6, 6.07) is 15.2. The summed E-state index contributed by atoms with van der Waals surface area (Å²) in [5, 5.41) is 5.95. The summed E-state index contributed by atoms with van der Waals surface area (Å²) in [5.41, 5.74) is 2.28. The first kappa shape index (κ1) is 17.5. The molecule has 4 nitrogen and oxygen atoms in total. The van der Waals surface area contributed by atoms with Gasteiger partial charge in [0.1, 0.15) is 23.1 Å². The number of thiazole rings is 1. The molecule has 0 spiro atoms. The predicted octanol–water partition coefficient (Wildman–Crippen LogP) is 4.79. The molecule has 3 aromatic rings. The molecule has 0 saturated carbocycles. The second-order valence-corrected chi connectivity index (χ2v) is 6.61. The van der Waals surface area contributed by atoms with E-state index in [9.17, 15) is 4.79 Å². The molecule has 2 aromatic carbocycles. The van der Waals surface area contributed by atoms with Crippen molar-refractivity contribution >= 4 is 28.8 Å². The molecule has 0 bridgehead atoms. The van der Waals surface area contributed by atoms with Gasteiger partial charge in [0.05, 0.1) is 5.56 Å². The standard InChI is InChI=1S/C19H17ClN2O2S/c1-2-21-18(23)16-12-25-19(22-16)15-8-3-4-9-17(15)24-11-13-6-5-7-14(20)10-13/h3-10,12H,2,11H2,1H3,(H,21,23). The van der Waals surface area contributed by atoms with E-state index in [1.165, 1.54) is 11.3 Å². The smallest absolute Gasteiger partial charge is 0.270 e. The Hall–Kier alpha value is -2.37. The molecule has 0 unspecified atom stereocenters. The lowest BCUT2D eigenvalue weighted by molar-refractivity contribution is 0.0951. The average molecular weight is 373 g/mol. The number of carbonyl (C=O) groups excluding carboxylic acids is 1. The fourth-order valence-electron chi connectivity index (χ4n) is 2.31. The highest BCUT2D eigenvalue weighted by molar-refractivity contribution is 7.13. The highest BCUT2D eigenvalue weighted by Gasteiger charge is 2.14. The summed E-state index contributed by atoms with van der Waals surface area (Å²) in [6.45, 7) is 2.86. The van der Waals surface area contributed by atoms with E-state index in [0.717, 1.165) is 21.9 Å². The van der Waals surface area contributed by atoms with Gasteiger partial charge < -0.3 is 10.1 Å². The Bertz CT molecular complexity index is 879. The molecule has 25 heavy (non-hydrogen) atoms. The minimum absolute atomic E-state index is 0.165. The largest absolute Gasteiger partial charge is 0.488 e. The van der Waals surface area contributed by atoms with Gasteiger partial charge in [-0.25, -0.2) is 4.98 Å². The Balaban J connectivity index is 1.80. The van der Waals surface area contributed by atoms with Crippen LogP contribution < -0.4 is 10.1 Å². The van der Waals surface area contributed by atoms with Gasteiger partial charge in [-0.3, -0.25) is 4.79 Å². The maximum atomic E-state index is 11.9. The van der Waals surface area contributed by atoms with E-state index in [1.54, 1.807) is 5.38 Å². The highest BCUT2D eigenvalue weighted by Crippen LogP contribution is 2.32. The molecule has 0 aliphatic carbocycles. The van der Waals surface area contributed by atoms with Crippen LogP contribution in [0.25, 0.3) is 10.6 Å². The van der Waals surface area contributed by atoms with E-state index in [2.05, 4.69) is 10.3 Å². The van der Waals surface area contributed by atoms with Crippen LogP contribution in [0.4, 0.5) is 0 Å². The van der Waals surface area contributed by atoms with E-state index in [-0.39, 0.29) is 5.91 Å². The van der Waals surface area contributed by atoms with Crippen LogP contribution in [0, 0.1) is 0 Å². The molecule has 0 atom stereocenters. The van der Waals surface area contributed by atoms with E-state index < -0.39 is 0 Å². The van der Waals surface area contributed by atoms with Crippen molar-refractivity contribution in [1.29, 1.82) is 0 Å². The van der Waals surface area contributed by atoms with Gasteiger partial charge in [0, 0.05) is 16.9 Å². The molecule has 1 N–H and O–H groups in total. The number of ether oxygens (including phenoxy) is 1. The van der Waals surface area contributed by atoms with Crippen LogP contribution in [0.15, 0.2) is 53.9 Å². The summed E-state index contributed by atoms with van der Waals surface area (Å²) in [5.74, 6) is 0.557. The SMILES string of the molecule is CCNC(=O)c1csc(-c2ccccc2OCc2cccc(Cl)c2)n1. The maximum Gasteiger partial charge on any atom is 0.270 e. The van der Waals surface area contributed by atoms with Crippen molar-refractivity contribution in [3.05, 3.63) is 70.2 Å². The summed E-state index contributed by atoms with van der Waals surface area (Å²) in [4.78, 5) is 16.3. The van der Waals surface area contributed by atoms with Crippen molar-refractivity contribution < 1.29 is 9.53 Å². The van der Waals surface area contributed by atoms with E-state index in [1.807, 2.05) is 55.5 Å². The van der Waals surface area contributed by atoms with Gasteiger partial charge in [-0.2, -0.15) is 0 Å². The second kappa shape index (κ2) is 8.14. The van der Waals surface area contributed by atoms with Crippen molar-refractivity contribution in [3.8, 4) is 16.3 Å². The van der Waals surface area contributed by atoms with Crippen LogP contribution in [0.5, 0.6) is 5.75 Å². The summed E-state index contributed by atoms with van der Waals surface area (Å²) in [6.07, 6.45) is 0. The van der Waals surface area contributed by atoms with Crippen LogP contribution in [0.2, 0.25) is 5.02 Å². The van der Waals surface area contributed by atoms with E-state index in [4.69, 9.17) is 16.3 Å². The first-order chi connectivity index (χ1) is 12.2. The Kier molecular flexibility index (Phi) is 5.68.